The summed E-state index contributed by atoms with van der Waals surface area (Å²) in [5.41, 5.74) is 3.09. The van der Waals surface area contributed by atoms with Crippen LogP contribution in [0.1, 0.15) is 37.8 Å². The zero-order valence-corrected chi connectivity index (χ0v) is 14.9. The van der Waals surface area contributed by atoms with Crippen LogP contribution in [-0.2, 0) is 17.8 Å². The molecule has 0 bridgehead atoms. The Morgan fingerprint density at radius 2 is 2.12 bits per heavy atom. The molecule has 0 saturated heterocycles. The van der Waals surface area contributed by atoms with Crippen LogP contribution < -0.4 is 5.32 Å². The van der Waals surface area contributed by atoms with Crippen molar-refractivity contribution in [3.8, 4) is 0 Å². The number of hydrogen-bond acceptors (Lipinski definition) is 3. The molecule has 1 atom stereocenters. The molecule has 0 saturated carbocycles. The Balaban J connectivity index is 1.59. The predicted octanol–water partition coefficient (Wildman–Crippen LogP) is 3.32. The smallest absolute Gasteiger partial charge is 0.230 e. The lowest BCUT2D eigenvalue weighted by atomic mass is 9.95. The third kappa shape index (κ3) is 2.71. The molecule has 1 aromatic carbocycles. The van der Waals surface area contributed by atoms with Crippen LogP contribution in [0.4, 0.5) is 5.95 Å². The fourth-order valence-electron chi connectivity index (χ4n) is 3.71. The zero-order chi connectivity index (χ0) is 17.6. The molecule has 1 aliphatic rings. The van der Waals surface area contributed by atoms with Gasteiger partial charge in [-0.15, -0.1) is 0 Å². The van der Waals surface area contributed by atoms with E-state index < -0.39 is 0 Å². The summed E-state index contributed by atoms with van der Waals surface area (Å²) < 4.78 is 4.29. The molecular formula is C19H23N5O. The maximum atomic E-state index is 12.8. The molecule has 6 heteroatoms. The van der Waals surface area contributed by atoms with Gasteiger partial charge in [-0.2, -0.15) is 0 Å². The molecule has 0 aliphatic carbocycles. The molecule has 4 rings (SSSR count). The number of rotatable bonds is 3. The van der Waals surface area contributed by atoms with Crippen molar-refractivity contribution < 1.29 is 4.79 Å². The van der Waals surface area contributed by atoms with E-state index in [-0.39, 0.29) is 17.9 Å². The molecule has 1 aliphatic heterocycles. The predicted molar refractivity (Wildman–Crippen MR) is 97.5 cm³/mol. The van der Waals surface area contributed by atoms with E-state index in [1.54, 1.807) is 0 Å². The Labute approximate surface area is 146 Å². The van der Waals surface area contributed by atoms with Gasteiger partial charge in [0.05, 0.1) is 11.0 Å². The lowest BCUT2D eigenvalue weighted by Crippen LogP contribution is -2.31. The quantitative estimate of drug-likeness (QED) is 0.797. The summed E-state index contributed by atoms with van der Waals surface area (Å²) in [7, 11) is 0. The second-order valence-corrected chi connectivity index (χ2v) is 7.02. The van der Waals surface area contributed by atoms with Crippen LogP contribution in [0.15, 0.2) is 30.5 Å². The first-order chi connectivity index (χ1) is 12.0. The first-order valence-corrected chi connectivity index (χ1v) is 8.83. The molecule has 6 nitrogen and oxygen atoms in total. The monoisotopic (exact) mass is 337 g/mol. The molecule has 0 radical (unpaired) electrons. The normalized spacial score (nSPS) is 17.0. The summed E-state index contributed by atoms with van der Waals surface area (Å²) in [5.74, 6) is 1.67. The number of carbonyl (C=O) groups is 1. The number of para-hydroxylation sites is 2. The lowest BCUT2D eigenvalue weighted by molar-refractivity contribution is -0.120. The number of aromatic nitrogens is 4. The van der Waals surface area contributed by atoms with Gasteiger partial charge in [0, 0.05) is 36.8 Å². The van der Waals surface area contributed by atoms with Gasteiger partial charge < -0.3 is 9.13 Å². The zero-order valence-electron chi connectivity index (χ0n) is 14.9. The number of amides is 1. The molecule has 130 valence electrons. The summed E-state index contributed by atoms with van der Waals surface area (Å²) >= 11 is 0. The van der Waals surface area contributed by atoms with Crippen LogP contribution in [0.2, 0.25) is 0 Å². The summed E-state index contributed by atoms with van der Waals surface area (Å²) in [4.78, 5) is 21.8. The minimum atomic E-state index is -0.0379. The van der Waals surface area contributed by atoms with Gasteiger partial charge in [0.25, 0.3) is 0 Å². The summed E-state index contributed by atoms with van der Waals surface area (Å²) in [5, 5.41) is 3.07. The van der Waals surface area contributed by atoms with E-state index >= 15 is 0 Å². The average Bonchev–Trinajstić information content (AvgIpc) is 3.14. The highest BCUT2D eigenvalue weighted by molar-refractivity contribution is 5.93. The van der Waals surface area contributed by atoms with E-state index in [4.69, 9.17) is 0 Å². The average molecular weight is 337 g/mol. The number of nitrogens with zero attached hydrogens (tertiary/aromatic N) is 4. The van der Waals surface area contributed by atoms with Gasteiger partial charge in [-0.1, -0.05) is 12.1 Å². The summed E-state index contributed by atoms with van der Waals surface area (Å²) in [6.45, 7) is 7.06. The molecule has 3 heterocycles. The Morgan fingerprint density at radius 3 is 2.92 bits per heavy atom. The molecular weight excluding hydrogens is 314 g/mol. The largest absolute Gasteiger partial charge is 0.332 e. The minimum Gasteiger partial charge on any atom is -0.332 e. The highest BCUT2D eigenvalue weighted by atomic mass is 16.2. The fraction of sp³-hybridized carbons (Fsp3) is 0.421. The van der Waals surface area contributed by atoms with Gasteiger partial charge in [0.2, 0.25) is 11.9 Å². The number of anilines is 1. The van der Waals surface area contributed by atoms with E-state index in [0.717, 1.165) is 41.9 Å². The topological polar surface area (TPSA) is 64.7 Å². The van der Waals surface area contributed by atoms with Crippen LogP contribution in [0.3, 0.4) is 0 Å². The Morgan fingerprint density at radius 1 is 1.32 bits per heavy atom. The van der Waals surface area contributed by atoms with Crippen LogP contribution >= 0.6 is 0 Å². The van der Waals surface area contributed by atoms with E-state index in [9.17, 15) is 4.79 Å². The number of hydrogen-bond donors (Lipinski definition) is 1. The van der Waals surface area contributed by atoms with Crippen molar-refractivity contribution in [1.82, 2.24) is 19.1 Å². The molecule has 0 spiro atoms. The molecule has 3 aromatic rings. The Bertz CT molecular complexity index is 937. The molecule has 1 unspecified atom stereocenters. The highest BCUT2D eigenvalue weighted by Crippen LogP contribution is 2.26. The minimum absolute atomic E-state index is 0.0379. The maximum Gasteiger partial charge on any atom is 0.230 e. The highest BCUT2D eigenvalue weighted by Gasteiger charge is 2.27. The third-order valence-electron chi connectivity index (χ3n) is 5.01. The molecule has 1 N–H and O–H groups in total. The van der Waals surface area contributed by atoms with Crippen molar-refractivity contribution in [3.63, 3.8) is 0 Å². The van der Waals surface area contributed by atoms with E-state index in [1.165, 1.54) is 0 Å². The Kier molecular flexibility index (Phi) is 3.82. The molecule has 1 amide bonds. The van der Waals surface area contributed by atoms with Gasteiger partial charge in [-0.25, -0.2) is 9.97 Å². The van der Waals surface area contributed by atoms with Gasteiger partial charge in [-0.05, 0) is 39.3 Å². The maximum absolute atomic E-state index is 12.8. The number of imidazole rings is 2. The number of fused-ring (bicyclic) bond motifs is 2. The first-order valence-electron chi connectivity index (χ1n) is 8.83. The molecule has 25 heavy (non-hydrogen) atoms. The standard InChI is InChI=1S/C19H23N5O/c1-12(2)24-17-7-5-4-6-16(17)21-19(24)22-18(25)14-8-9-23-13(3)20-11-15(23)10-14/h4-7,11-12,14H,8-10H2,1-3H3,(H,21,22,25). The number of aryl methyl sites for hydroxylation is 1. The van der Waals surface area contributed by atoms with Crippen molar-refractivity contribution in [2.45, 2.75) is 46.2 Å². The van der Waals surface area contributed by atoms with Crippen molar-refractivity contribution in [1.29, 1.82) is 0 Å². The van der Waals surface area contributed by atoms with E-state index in [1.807, 2.05) is 37.4 Å². The second kappa shape index (κ2) is 6.02. The number of nitrogens with one attached hydrogen (secondary N) is 1. The van der Waals surface area contributed by atoms with E-state index in [2.05, 4.69) is 38.3 Å². The van der Waals surface area contributed by atoms with Gasteiger partial charge in [0.1, 0.15) is 5.82 Å². The van der Waals surface area contributed by atoms with Gasteiger partial charge in [-0.3, -0.25) is 10.1 Å². The second-order valence-electron chi connectivity index (χ2n) is 7.02. The number of benzene rings is 1. The van der Waals surface area contributed by atoms with Crippen LogP contribution in [0.25, 0.3) is 11.0 Å². The van der Waals surface area contributed by atoms with Crippen molar-refractivity contribution in [2.24, 2.45) is 5.92 Å². The summed E-state index contributed by atoms with van der Waals surface area (Å²) in [6.07, 6.45) is 3.45. The lowest BCUT2D eigenvalue weighted by Gasteiger charge is -2.24. The number of carbonyl (C=O) groups excluding carboxylic acids is 1. The van der Waals surface area contributed by atoms with Crippen molar-refractivity contribution >= 4 is 22.9 Å². The van der Waals surface area contributed by atoms with Gasteiger partial charge >= 0.3 is 0 Å². The van der Waals surface area contributed by atoms with Crippen molar-refractivity contribution in [2.75, 3.05) is 5.32 Å². The molecule has 2 aromatic heterocycles. The van der Waals surface area contributed by atoms with Crippen LogP contribution in [-0.4, -0.2) is 25.0 Å². The van der Waals surface area contributed by atoms with Crippen LogP contribution in [0, 0.1) is 12.8 Å². The van der Waals surface area contributed by atoms with Gasteiger partial charge in [0.15, 0.2) is 0 Å². The third-order valence-corrected chi connectivity index (χ3v) is 5.01. The van der Waals surface area contributed by atoms with E-state index in [0.29, 0.717) is 5.95 Å². The summed E-state index contributed by atoms with van der Waals surface area (Å²) in [6, 6.07) is 8.21. The fourth-order valence-corrected chi connectivity index (χ4v) is 3.71. The Hall–Kier alpha value is -2.63. The van der Waals surface area contributed by atoms with Crippen molar-refractivity contribution in [3.05, 3.63) is 42.0 Å². The SMILES string of the molecule is Cc1ncc2n1CCC(C(=O)Nc1nc3ccccc3n1C(C)C)C2. The van der Waals surface area contributed by atoms with Crippen LogP contribution in [0.5, 0.6) is 0 Å². The molecule has 0 fully saturated rings. The first kappa shape index (κ1) is 15.9.